The Labute approximate surface area is 93.2 Å². The molecule has 0 amide bonds. The van der Waals surface area contributed by atoms with Crippen molar-refractivity contribution in [2.75, 3.05) is 0 Å². The zero-order valence-electron chi connectivity index (χ0n) is 8.94. The maximum absolute atomic E-state index is 4.47. The lowest BCUT2D eigenvalue weighted by atomic mass is 10.1. The van der Waals surface area contributed by atoms with E-state index in [9.17, 15) is 0 Å². The molecule has 0 atom stereocenters. The number of nitrogens with one attached hydrogen (secondary N) is 1. The highest BCUT2D eigenvalue weighted by Gasteiger charge is 2.01. The number of aryl methyl sites for hydroxylation is 1. The van der Waals surface area contributed by atoms with Crippen molar-refractivity contribution in [2.45, 2.75) is 6.92 Å². The number of hydrogen-bond acceptors (Lipinski definition) is 2. The third-order valence-corrected chi connectivity index (χ3v) is 2.64. The van der Waals surface area contributed by atoms with Crippen molar-refractivity contribution in [1.82, 2.24) is 15.2 Å². The Morgan fingerprint density at radius 3 is 2.81 bits per heavy atom. The molecular formula is C13H11N3. The van der Waals surface area contributed by atoms with E-state index in [1.165, 1.54) is 0 Å². The Hall–Kier alpha value is -2.16. The summed E-state index contributed by atoms with van der Waals surface area (Å²) in [5.41, 5.74) is 4.24. The van der Waals surface area contributed by atoms with Gasteiger partial charge in [-0.25, -0.2) is 0 Å². The molecule has 3 heteroatoms. The molecule has 16 heavy (non-hydrogen) atoms. The van der Waals surface area contributed by atoms with Gasteiger partial charge in [0.05, 0.1) is 11.2 Å². The molecule has 0 bridgehead atoms. The summed E-state index contributed by atoms with van der Waals surface area (Å²) < 4.78 is 0. The van der Waals surface area contributed by atoms with Gasteiger partial charge in [-0.1, -0.05) is 12.1 Å². The SMILES string of the molecule is Cc1ccc2cc(-c3ccn[nH]3)ccc2n1. The average molecular weight is 209 g/mol. The lowest BCUT2D eigenvalue weighted by Gasteiger charge is -2.01. The van der Waals surface area contributed by atoms with Gasteiger partial charge in [-0.2, -0.15) is 5.10 Å². The molecule has 2 heterocycles. The van der Waals surface area contributed by atoms with E-state index in [0.29, 0.717) is 0 Å². The second-order valence-electron chi connectivity index (χ2n) is 3.83. The van der Waals surface area contributed by atoms with Crippen molar-refractivity contribution in [3.05, 3.63) is 48.3 Å². The number of hydrogen-bond donors (Lipinski definition) is 1. The molecular weight excluding hydrogens is 198 g/mol. The number of H-pyrrole nitrogens is 1. The van der Waals surface area contributed by atoms with Crippen LogP contribution in [-0.2, 0) is 0 Å². The van der Waals surface area contributed by atoms with Crippen LogP contribution >= 0.6 is 0 Å². The first-order valence-electron chi connectivity index (χ1n) is 5.20. The van der Waals surface area contributed by atoms with Crippen LogP contribution in [0.1, 0.15) is 5.69 Å². The molecule has 0 spiro atoms. The van der Waals surface area contributed by atoms with Crippen LogP contribution in [0.2, 0.25) is 0 Å². The van der Waals surface area contributed by atoms with Gasteiger partial charge in [0.2, 0.25) is 0 Å². The molecule has 0 aliphatic rings. The molecule has 0 fully saturated rings. The number of fused-ring (bicyclic) bond motifs is 1. The van der Waals surface area contributed by atoms with E-state index in [4.69, 9.17) is 0 Å². The van der Waals surface area contributed by atoms with E-state index in [-0.39, 0.29) is 0 Å². The predicted octanol–water partition coefficient (Wildman–Crippen LogP) is 2.93. The molecule has 0 saturated carbocycles. The second-order valence-corrected chi connectivity index (χ2v) is 3.83. The van der Waals surface area contributed by atoms with E-state index >= 15 is 0 Å². The van der Waals surface area contributed by atoms with Crippen molar-refractivity contribution in [3.8, 4) is 11.3 Å². The molecule has 0 aliphatic heterocycles. The molecule has 3 nitrogen and oxygen atoms in total. The van der Waals surface area contributed by atoms with Crippen molar-refractivity contribution in [1.29, 1.82) is 0 Å². The van der Waals surface area contributed by atoms with Gasteiger partial charge < -0.3 is 0 Å². The van der Waals surface area contributed by atoms with Gasteiger partial charge in [0.15, 0.2) is 0 Å². The van der Waals surface area contributed by atoms with Gasteiger partial charge in [-0.15, -0.1) is 0 Å². The fourth-order valence-corrected chi connectivity index (χ4v) is 1.81. The highest BCUT2D eigenvalue weighted by atomic mass is 15.1. The predicted molar refractivity (Wildman–Crippen MR) is 64.1 cm³/mol. The van der Waals surface area contributed by atoms with Gasteiger partial charge in [-0.05, 0) is 31.2 Å². The summed E-state index contributed by atoms with van der Waals surface area (Å²) in [6.07, 6.45) is 1.76. The standard InChI is InChI=1S/C13H11N3/c1-9-2-3-10-8-11(4-5-12(10)15-9)13-6-7-14-16-13/h2-8H,1H3,(H,14,16). The monoisotopic (exact) mass is 209 g/mol. The summed E-state index contributed by atoms with van der Waals surface area (Å²) in [7, 11) is 0. The number of aromatic amines is 1. The zero-order valence-corrected chi connectivity index (χ0v) is 8.94. The summed E-state index contributed by atoms with van der Waals surface area (Å²) in [5, 5.41) is 8.06. The van der Waals surface area contributed by atoms with E-state index in [2.05, 4.69) is 33.4 Å². The molecule has 0 aliphatic carbocycles. The molecule has 78 valence electrons. The summed E-state index contributed by atoms with van der Waals surface area (Å²) in [6.45, 7) is 2.00. The molecule has 0 radical (unpaired) electrons. The summed E-state index contributed by atoms with van der Waals surface area (Å²) in [6, 6.07) is 12.3. The Bertz CT molecular complexity index is 627. The maximum atomic E-state index is 4.47. The van der Waals surface area contributed by atoms with Crippen LogP contribution in [-0.4, -0.2) is 15.2 Å². The Morgan fingerprint density at radius 2 is 2.00 bits per heavy atom. The zero-order chi connectivity index (χ0) is 11.0. The first kappa shape index (κ1) is 9.09. The van der Waals surface area contributed by atoms with E-state index in [0.717, 1.165) is 27.9 Å². The molecule has 0 saturated heterocycles. The summed E-state index contributed by atoms with van der Waals surface area (Å²) >= 11 is 0. The number of benzene rings is 1. The minimum absolute atomic E-state index is 1.03. The van der Waals surface area contributed by atoms with Crippen LogP contribution in [0.4, 0.5) is 0 Å². The van der Waals surface area contributed by atoms with Gasteiger partial charge in [0.25, 0.3) is 0 Å². The van der Waals surface area contributed by atoms with Crippen LogP contribution in [0.3, 0.4) is 0 Å². The van der Waals surface area contributed by atoms with E-state index < -0.39 is 0 Å². The number of nitrogens with zero attached hydrogens (tertiary/aromatic N) is 2. The topological polar surface area (TPSA) is 41.6 Å². The fourth-order valence-electron chi connectivity index (χ4n) is 1.81. The van der Waals surface area contributed by atoms with Gasteiger partial charge in [0.1, 0.15) is 0 Å². The third kappa shape index (κ3) is 1.46. The van der Waals surface area contributed by atoms with E-state index in [1.54, 1.807) is 6.20 Å². The van der Waals surface area contributed by atoms with Crippen LogP contribution in [0, 0.1) is 6.92 Å². The highest BCUT2D eigenvalue weighted by molar-refractivity contribution is 5.83. The number of rotatable bonds is 1. The van der Waals surface area contributed by atoms with Crippen molar-refractivity contribution in [3.63, 3.8) is 0 Å². The van der Waals surface area contributed by atoms with Crippen LogP contribution in [0.5, 0.6) is 0 Å². The third-order valence-electron chi connectivity index (χ3n) is 2.64. The molecule has 1 aromatic carbocycles. The smallest absolute Gasteiger partial charge is 0.0705 e. The highest BCUT2D eigenvalue weighted by Crippen LogP contribution is 2.21. The maximum Gasteiger partial charge on any atom is 0.0705 e. The second kappa shape index (κ2) is 3.45. The molecule has 2 aromatic heterocycles. The van der Waals surface area contributed by atoms with Crippen molar-refractivity contribution >= 4 is 10.9 Å². The number of pyridine rings is 1. The first-order chi connectivity index (χ1) is 7.83. The van der Waals surface area contributed by atoms with Crippen molar-refractivity contribution in [2.24, 2.45) is 0 Å². The minimum Gasteiger partial charge on any atom is -0.278 e. The van der Waals surface area contributed by atoms with Crippen LogP contribution in [0.15, 0.2) is 42.6 Å². The lowest BCUT2D eigenvalue weighted by Crippen LogP contribution is -1.84. The number of aromatic nitrogens is 3. The Morgan fingerprint density at radius 1 is 1.06 bits per heavy atom. The average Bonchev–Trinajstić information content (AvgIpc) is 2.82. The molecule has 1 N–H and O–H groups in total. The Balaban J connectivity index is 2.20. The Kier molecular flexibility index (Phi) is 1.96. The van der Waals surface area contributed by atoms with Gasteiger partial charge in [-0.3, -0.25) is 10.1 Å². The minimum atomic E-state index is 1.03. The largest absolute Gasteiger partial charge is 0.278 e. The molecule has 3 rings (SSSR count). The fraction of sp³-hybridized carbons (Fsp3) is 0.0769. The molecule has 0 unspecified atom stereocenters. The normalized spacial score (nSPS) is 10.8. The van der Waals surface area contributed by atoms with Gasteiger partial charge in [0, 0.05) is 22.8 Å². The summed E-state index contributed by atoms with van der Waals surface area (Å²) in [5.74, 6) is 0. The first-order valence-corrected chi connectivity index (χ1v) is 5.20. The van der Waals surface area contributed by atoms with E-state index in [1.807, 2.05) is 25.1 Å². The quantitative estimate of drug-likeness (QED) is 0.669. The lowest BCUT2D eigenvalue weighted by molar-refractivity contribution is 1.10. The molecule has 3 aromatic rings. The summed E-state index contributed by atoms with van der Waals surface area (Å²) in [4.78, 5) is 4.47. The van der Waals surface area contributed by atoms with Crippen LogP contribution in [0.25, 0.3) is 22.2 Å². The van der Waals surface area contributed by atoms with Gasteiger partial charge >= 0.3 is 0 Å². The van der Waals surface area contributed by atoms with Crippen LogP contribution < -0.4 is 0 Å². The van der Waals surface area contributed by atoms with Crippen molar-refractivity contribution < 1.29 is 0 Å².